The number of anilines is 1. The quantitative estimate of drug-likeness (QED) is 0.109. The van der Waals surface area contributed by atoms with Crippen LogP contribution >= 0.6 is 15.9 Å². The van der Waals surface area contributed by atoms with Gasteiger partial charge in [0.25, 0.3) is 5.91 Å². The Labute approximate surface area is 245 Å². The van der Waals surface area contributed by atoms with Gasteiger partial charge in [0.2, 0.25) is 5.76 Å². The van der Waals surface area contributed by atoms with E-state index in [2.05, 4.69) is 22.5 Å². The third-order valence-electron chi connectivity index (χ3n) is 6.80. The molecule has 8 nitrogen and oxygen atoms in total. The maximum Gasteiger partial charge on any atom is 0.338 e. The number of ether oxygens (including phenoxy) is 3. The molecule has 2 heterocycles. The van der Waals surface area contributed by atoms with Gasteiger partial charge in [-0.25, -0.2) is 4.79 Å². The Kier molecular flexibility index (Phi) is 8.26. The number of carbonyl (C=O) groups excluding carboxylic acids is 2. The van der Waals surface area contributed by atoms with Gasteiger partial charge in [-0.15, -0.1) is 0 Å². The molecule has 0 N–H and O–H groups in total. The second-order valence-corrected chi connectivity index (χ2v) is 10.4. The fraction of sp³-hybridized carbons (Fsp3) is 0.219. The van der Waals surface area contributed by atoms with E-state index in [9.17, 15) is 14.4 Å². The number of halogens is 1. The summed E-state index contributed by atoms with van der Waals surface area (Å²) in [5.74, 6) is -0.0259. The number of esters is 1. The SMILES string of the molecule is C=CCOc1ccc(C2c3c(oc4ccc(Br)cc4c3=O)C(=O)N2c2ccc(C(=O)OCCCC)cc2)cc1OC. The van der Waals surface area contributed by atoms with Crippen LogP contribution in [0.2, 0.25) is 0 Å². The lowest BCUT2D eigenvalue weighted by molar-refractivity contribution is 0.0499. The summed E-state index contributed by atoms with van der Waals surface area (Å²) in [5, 5.41) is 0.348. The lowest BCUT2D eigenvalue weighted by Crippen LogP contribution is -2.29. The summed E-state index contributed by atoms with van der Waals surface area (Å²) in [6.45, 7) is 6.31. The van der Waals surface area contributed by atoms with E-state index >= 15 is 0 Å². The van der Waals surface area contributed by atoms with E-state index < -0.39 is 17.9 Å². The van der Waals surface area contributed by atoms with Crippen LogP contribution in [0, 0.1) is 0 Å². The number of nitrogens with zero attached hydrogens (tertiary/aromatic N) is 1. The highest BCUT2D eigenvalue weighted by atomic mass is 79.9. The largest absolute Gasteiger partial charge is 0.493 e. The summed E-state index contributed by atoms with van der Waals surface area (Å²) >= 11 is 3.42. The fourth-order valence-electron chi connectivity index (χ4n) is 4.80. The Balaban J connectivity index is 1.64. The first-order valence-corrected chi connectivity index (χ1v) is 14.0. The van der Waals surface area contributed by atoms with E-state index in [1.807, 2.05) is 6.92 Å². The highest BCUT2D eigenvalue weighted by molar-refractivity contribution is 9.10. The smallest absolute Gasteiger partial charge is 0.338 e. The van der Waals surface area contributed by atoms with E-state index in [4.69, 9.17) is 18.6 Å². The number of rotatable bonds is 10. The number of amides is 1. The monoisotopic (exact) mass is 617 g/mol. The van der Waals surface area contributed by atoms with Gasteiger partial charge < -0.3 is 18.6 Å². The normalized spacial score (nSPS) is 14.2. The van der Waals surface area contributed by atoms with Crippen molar-refractivity contribution in [2.45, 2.75) is 25.8 Å². The Bertz CT molecular complexity index is 1690. The zero-order valence-corrected chi connectivity index (χ0v) is 24.2. The van der Waals surface area contributed by atoms with Gasteiger partial charge in [0.05, 0.1) is 36.3 Å². The molecular weight excluding hydrogens is 590 g/mol. The Morgan fingerprint density at radius 2 is 1.85 bits per heavy atom. The van der Waals surface area contributed by atoms with Crippen molar-refractivity contribution < 1.29 is 28.2 Å². The highest BCUT2D eigenvalue weighted by Gasteiger charge is 2.44. The standard InChI is InChI=1S/C32H28BrNO7/c1-4-6-16-40-32(37)19-7-11-22(12-8-19)34-28(20-9-13-25(39-15-5-2)26(17-20)38-3)27-29(35)23-18-21(33)10-14-24(23)41-30(27)31(34)36/h5,7-14,17-18,28H,2,4,6,15-16H2,1,3H3. The number of unbranched alkanes of at least 4 members (excludes halogenated alkanes) is 1. The molecule has 0 saturated heterocycles. The Hall–Kier alpha value is -4.37. The minimum Gasteiger partial charge on any atom is -0.493 e. The van der Waals surface area contributed by atoms with Crippen molar-refractivity contribution in [3.05, 3.63) is 110 Å². The van der Waals surface area contributed by atoms with Gasteiger partial charge in [-0.1, -0.05) is 48.0 Å². The molecule has 0 aliphatic carbocycles. The molecule has 3 aromatic carbocycles. The summed E-state index contributed by atoms with van der Waals surface area (Å²) in [4.78, 5) is 41.8. The van der Waals surface area contributed by atoms with E-state index in [-0.39, 0.29) is 23.4 Å². The minimum atomic E-state index is -0.832. The van der Waals surface area contributed by atoms with Crippen LogP contribution in [0.3, 0.4) is 0 Å². The molecule has 0 bridgehead atoms. The number of hydrogen-bond acceptors (Lipinski definition) is 7. The molecule has 0 spiro atoms. The topological polar surface area (TPSA) is 95.3 Å². The zero-order valence-electron chi connectivity index (χ0n) is 22.6. The Morgan fingerprint density at radius 3 is 2.56 bits per heavy atom. The average molecular weight is 618 g/mol. The number of carbonyl (C=O) groups is 2. The molecule has 4 aromatic rings. The molecule has 1 aliphatic heterocycles. The highest BCUT2D eigenvalue weighted by Crippen LogP contribution is 2.43. The maximum atomic E-state index is 13.9. The molecule has 1 aliphatic rings. The summed E-state index contributed by atoms with van der Waals surface area (Å²) < 4.78 is 23.4. The minimum absolute atomic E-state index is 0.0381. The number of fused-ring (bicyclic) bond motifs is 2. The molecule has 5 rings (SSSR count). The number of hydrogen-bond donors (Lipinski definition) is 0. The second-order valence-electron chi connectivity index (χ2n) is 9.44. The summed E-state index contributed by atoms with van der Waals surface area (Å²) in [6, 6.07) is 16.0. The average Bonchev–Trinajstić information content (AvgIpc) is 3.28. The van der Waals surface area contributed by atoms with Crippen molar-refractivity contribution in [2.75, 3.05) is 25.2 Å². The lowest BCUT2D eigenvalue weighted by atomic mass is 9.97. The molecule has 0 saturated carbocycles. The van der Waals surface area contributed by atoms with Crippen molar-refractivity contribution in [3.63, 3.8) is 0 Å². The molecule has 1 atom stereocenters. The first-order chi connectivity index (χ1) is 19.9. The predicted molar refractivity (Wildman–Crippen MR) is 159 cm³/mol. The number of benzene rings is 3. The van der Waals surface area contributed by atoms with Crippen molar-refractivity contribution in [1.82, 2.24) is 0 Å². The molecule has 0 radical (unpaired) electrons. The molecule has 41 heavy (non-hydrogen) atoms. The van der Waals surface area contributed by atoms with Crippen LogP contribution < -0.4 is 19.8 Å². The van der Waals surface area contributed by atoms with Crippen molar-refractivity contribution in [1.29, 1.82) is 0 Å². The first-order valence-electron chi connectivity index (χ1n) is 13.2. The van der Waals surface area contributed by atoms with Crippen LogP contribution in [0.5, 0.6) is 11.5 Å². The second kappa shape index (κ2) is 12.0. The van der Waals surface area contributed by atoms with Gasteiger partial charge in [0.15, 0.2) is 16.9 Å². The lowest BCUT2D eigenvalue weighted by Gasteiger charge is -2.26. The van der Waals surface area contributed by atoms with Gasteiger partial charge in [-0.3, -0.25) is 14.5 Å². The Morgan fingerprint density at radius 1 is 1.07 bits per heavy atom. The van der Waals surface area contributed by atoms with Crippen LogP contribution in [0.4, 0.5) is 5.69 Å². The molecule has 1 unspecified atom stereocenters. The van der Waals surface area contributed by atoms with Crippen molar-refractivity contribution in [2.24, 2.45) is 0 Å². The van der Waals surface area contributed by atoms with E-state index in [0.29, 0.717) is 50.4 Å². The van der Waals surface area contributed by atoms with Gasteiger partial charge in [-0.05, 0) is 66.6 Å². The van der Waals surface area contributed by atoms with Crippen LogP contribution in [0.15, 0.2) is 87.0 Å². The van der Waals surface area contributed by atoms with Crippen LogP contribution in [-0.2, 0) is 4.74 Å². The van der Waals surface area contributed by atoms with E-state index in [0.717, 1.165) is 12.8 Å². The van der Waals surface area contributed by atoms with Gasteiger partial charge in [0, 0.05) is 10.2 Å². The first kappa shape index (κ1) is 28.2. The summed E-state index contributed by atoms with van der Waals surface area (Å²) in [5.41, 5.74) is 1.66. The third kappa shape index (κ3) is 5.37. The summed E-state index contributed by atoms with van der Waals surface area (Å²) in [6.07, 6.45) is 3.31. The van der Waals surface area contributed by atoms with Crippen molar-refractivity contribution >= 4 is 44.5 Å². The number of methoxy groups -OCH3 is 1. The predicted octanol–water partition coefficient (Wildman–Crippen LogP) is 6.84. The van der Waals surface area contributed by atoms with Crippen LogP contribution in [-0.4, -0.2) is 32.2 Å². The summed E-state index contributed by atoms with van der Waals surface area (Å²) in [7, 11) is 1.52. The zero-order chi connectivity index (χ0) is 29.1. The van der Waals surface area contributed by atoms with Crippen LogP contribution in [0.1, 0.15) is 57.8 Å². The van der Waals surface area contributed by atoms with Crippen molar-refractivity contribution in [3.8, 4) is 11.5 Å². The van der Waals surface area contributed by atoms with Gasteiger partial charge in [-0.2, -0.15) is 0 Å². The van der Waals surface area contributed by atoms with Gasteiger partial charge in [0.1, 0.15) is 12.2 Å². The van der Waals surface area contributed by atoms with E-state index in [1.165, 1.54) is 12.0 Å². The molecular formula is C32H28BrNO7. The van der Waals surface area contributed by atoms with Gasteiger partial charge >= 0.3 is 5.97 Å². The maximum absolute atomic E-state index is 13.9. The molecule has 1 aromatic heterocycles. The molecule has 1 amide bonds. The molecule has 9 heteroatoms. The third-order valence-corrected chi connectivity index (χ3v) is 7.30. The molecule has 0 fully saturated rings. The fourth-order valence-corrected chi connectivity index (χ4v) is 5.16. The molecule has 210 valence electrons. The van der Waals surface area contributed by atoms with Crippen LogP contribution in [0.25, 0.3) is 11.0 Å². The van der Waals surface area contributed by atoms with E-state index in [1.54, 1.807) is 66.7 Å².